The fourth-order valence-electron chi connectivity index (χ4n) is 4.40. The maximum atomic E-state index is 13.3. The van der Waals surface area contributed by atoms with Gasteiger partial charge in [-0.25, -0.2) is 22.8 Å². The van der Waals surface area contributed by atoms with E-state index in [1.807, 2.05) is 24.3 Å². The van der Waals surface area contributed by atoms with Crippen LogP contribution in [0, 0.1) is 5.82 Å². The van der Waals surface area contributed by atoms with Gasteiger partial charge in [0.15, 0.2) is 5.65 Å². The maximum Gasteiger partial charge on any atom is 0.350 e. The highest BCUT2D eigenvalue weighted by atomic mass is 19.1. The van der Waals surface area contributed by atoms with E-state index in [1.54, 1.807) is 40.0 Å². The van der Waals surface area contributed by atoms with Crippen LogP contribution in [0.15, 0.2) is 71.8 Å². The highest BCUT2D eigenvalue weighted by Gasteiger charge is 2.24. The molecule has 6 rings (SSSR count). The summed E-state index contributed by atoms with van der Waals surface area (Å²) in [6, 6.07) is 15.7. The van der Waals surface area contributed by atoms with Gasteiger partial charge in [0, 0.05) is 30.2 Å². The zero-order chi connectivity index (χ0) is 22.5. The molecule has 3 aromatic heterocycles. The van der Waals surface area contributed by atoms with Gasteiger partial charge < -0.3 is 4.90 Å². The van der Waals surface area contributed by atoms with Crippen LogP contribution < -0.4 is 10.6 Å². The lowest BCUT2D eigenvalue weighted by atomic mass is 10.0. The maximum absolute atomic E-state index is 13.3. The van der Waals surface area contributed by atoms with Crippen LogP contribution >= 0.6 is 0 Å². The Hall–Kier alpha value is -4.27. The SMILES string of the molecule is O=C(Cn1nc2c3cc(-c4ccc(F)cc4)nn3ccn2c1=O)N1CCCc2ccccc21. The molecule has 0 unspecified atom stereocenters. The molecule has 0 radical (unpaired) electrons. The number of carbonyl (C=O) groups is 1. The molecule has 0 bridgehead atoms. The Morgan fingerprint density at radius 2 is 1.85 bits per heavy atom. The van der Waals surface area contributed by atoms with E-state index < -0.39 is 5.69 Å². The number of rotatable bonds is 3. The normalized spacial score (nSPS) is 13.5. The van der Waals surface area contributed by atoms with Crippen molar-refractivity contribution in [3.63, 3.8) is 0 Å². The quantitative estimate of drug-likeness (QED) is 0.431. The molecule has 0 saturated heterocycles. The first-order valence-electron chi connectivity index (χ1n) is 10.7. The number of hydrogen-bond acceptors (Lipinski definition) is 4. The number of fused-ring (bicyclic) bond motifs is 4. The van der Waals surface area contributed by atoms with Gasteiger partial charge in [-0.1, -0.05) is 18.2 Å². The van der Waals surface area contributed by atoms with Gasteiger partial charge in [0.25, 0.3) is 0 Å². The van der Waals surface area contributed by atoms with E-state index in [9.17, 15) is 14.0 Å². The Bertz CT molecular complexity index is 1580. The number of halogens is 1. The number of para-hydroxylation sites is 1. The van der Waals surface area contributed by atoms with Crippen LogP contribution in [-0.4, -0.2) is 36.2 Å². The molecule has 0 spiro atoms. The lowest BCUT2D eigenvalue weighted by molar-refractivity contribution is -0.119. The molecule has 1 aliphatic heterocycles. The summed E-state index contributed by atoms with van der Waals surface area (Å²) in [6.45, 7) is 0.464. The fraction of sp³-hybridized carbons (Fsp3) is 0.167. The summed E-state index contributed by atoms with van der Waals surface area (Å²) in [5.41, 5.74) is 4.03. The average Bonchev–Trinajstić information content (AvgIpc) is 3.40. The number of hydrogen-bond donors (Lipinski definition) is 0. The lowest BCUT2D eigenvalue weighted by Crippen LogP contribution is -2.39. The predicted octanol–water partition coefficient (Wildman–Crippen LogP) is 2.93. The van der Waals surface area contributed by atoms with Crippen LogP contribution in [0.4, 0.5) is 10.1 Å². The topological polar surface area (TPSA) is 76.9 Å². The Balaban J connectivity index is 1.37. The Labute approximate surface area is 187 Å². The summed E-state index contributed by atoms with van der Waals surface area (Å²) in [7, 11) is 0. The Morgan fingerprint density at radius 3 is 2.70 bits per heavy atom. The molecular formula is C24H19FN6O2. The third kappa shape index (κ3) is 3.20. The van der Waals surface area contributed by atoms with Gasteiger partial charge >= 0.3 is 5.69 Å². The zero-order valence-electron chi connectivity index (χ0n) is 17.6. The number of amides is 1. The van der Waals surface area contributed by atoms with Crippen molar-refractivity contribution in [2.45, 2.75) is 19.4 Å². The van der Waals surface area contributed by atoms with Gasteiger partial charge in [0.05, 0.1) is 5.69 Å². The van der Waals surface area contributed by atoms with Crippen molar-refractivity contribution in [2.75, 3.05) is 11.4 Å². The first-order valence-corrected chi connectivity index (χ1v) is 10.7. The van der Waals surface area contributed by atoms with E-state index in [2.05, 4.69) is 10.2 Å². The van der Waals surface area contributed by atoms with Crippen molar-refractivity contribution in [1.82, 2.24) is 23.8 Å². The number of nitrogens with zero attached hydrogens (tertiary/aromatic N) is 6. The van der Waals surface area contributed by atoms with Gasteiger partial charge in [-0.2, -0.15) is 5.10 Å². The molecule has 164 valence electrons. The van der Waals surface area contributed by atoms with Crippen molar-refractivity contribution in [2.24, 2.45) is 0 Å². The molecule has 0 aliphatic carbocycles. The molecule has 0 saturated carbocycles. The van der Waals surface area contributed by atoms with Gasteiger partial charge in [0.1, 0.15) is 17.9 Å². The minimum atomic E-state index is -0.393. The lowest BCUT2D eigenvalue weighted by Gasteiger charge is -2.29. The largest absolute Gasteiger partial charge is 0.350 e. The molecule has 2 aromatic carbocycles. The molecule has 0 fully saturated rings. The van der Waals surface area contributed by atoms with E-state index in [1.165, 1.54) is 21.2 Å². The summed E-state index contributed by atoms with van der Waals surface area (Å²) in [5, 5.41) is 8.97. The zero-order valence-corrected chi connectivity index (χ0v) is 17.6. The standard InChI is InChI=1S/C24H19FN6O2/c25-18-9-7-16(8-10-18)19-14-21-23-27-31(24(33)29(23)12-13-30(21)26-19)15-22(32)28-11-3-5-17-4-1-2-6-20(17)28/h1-2,4,6-10,12-14H,3,5,11,15H2. The Kier molecular flexibility index (Phi) is 4.36. The van der Waals surface area contributed by atoms with Crippen molar-refractivity contribution < 1.29 is 9.18 Å². The highest BCUT2D eigenvalue weighted by Crippen LogP contribution is 2.27. The molecule has 1 amide bonds. The first-order chi connectivity index (χ1) is 16.1. The average molecular weight is 442 g/mol. The second-order valence-corrected chi connectivity index (χ2v) is 8.08. The number of benzene rings is 2. The number of carbonyl (C=O) groups excluding carboxylic acids is 1. The van der Waals surface area contributed by atoms with Gasteiger partial charge in [-0.3, -0.25) is 4.79 Å². The van der Waals surface area contributed by atoms with E-state index in [4.69, 9.17) is 0 Å². The van der Waals surface area contributed by atoms with Crippen molar-refractivity contribution in [3.8, 4) is 11.3 Å². The van der Waals surface area contributed by atoms with Crippen LogP contribution in [0.3, 0.4) is 0 Å². The van der Waals surface area contributed by atoms with Gasteiger partial charge in [-0.15, -0.1) is 5.10 Å². The Morgan fingerprint density at radius 1 is 1.03 bits per heavy atom. The highest BCUT2D eigenvalue weighted by molar-refractivity contribution is 5.94. The van der Waals surface area contributed by atoms with Crippen molar-refractivity contribution in [3.05, 3.63) is 88.9 Å². The molecule has 8 nitrogen and oxygen atoms in total. The smallest absolute Gasteiger partial charge is 0.311 e. The van der Waals surface area contributed by atoms with Gasteiger partial charge in [0.2, 0.25) is 5.91 Å². The third-order valence-electron chi connectivity index (χ3n) is 6.03. The molecule has 1 aliphatic rings. The number of aryl methyl sites for hydroxylation is 1. The van der Waals surface area contributed by atoms with Crippen molar-refractivity contribution in [1.29, 1.82) is 0 Å². The van der Waals surface area contributed by atoms with Crippen LogP contribution in [0.1, 0.15) is 12.0 Å². The first kappa shape index (κ1) is 19.4. The number of aromatic nitrogens is 5. The van der Waals surface area contributed by atoms with E-state index in [-0.39, 0.29) is 18.3 Å². The summed E-state index contributed by atoms with van der Waals surface area (Å²) >= 11 is 0. The summed E-state index contributed by atoms with van der Waals surface area (Å²) in [6.07, 6.45) is 5.05. The van der Waals surface area contributed by atoms with E-state index >= 15 is 0 Å². The molecule has 0 atom stereocenters. The second kappa shape index (κ2) is 7.40. The van der Waals surface area contributed by atoms with E-state index in [0.717, 1.165) is 29.7 Å². The predicted molar refractivity (Wildman–Crippen MR) is 121 cm³/mol. The molecule has 4 heterocycles. The van der Waals surface area contributed by atoms with Crippen LogP contribution in [0.25, 0.3) is 22.4 Å². The summed E-state index contributed by atoms with van der Waals surface area (Å²) < 4.78 is 17.5. The monoisotopic (exact) mass is 442 g/mol. The van der Waals surface area contributed by atoms with Crippen LogP contribution in [-0.2, 0) is 17.8 Å². The molecule has 9 heteroatoms. The molecular weight excluding hydrogens is 423 g/mol. The van der Waals surface area contributed by atoms with Crippen molar-refractivity contribution >= 4 is 22.8 Å². The number of anilines is 1. The molecule has 0 N–H and O–H groups in total. The molecule has 5 aromatic rings. The fourth-order valence-corrected chi connectivity index (χ4v) is 4.40. The van der Waals surface area contributed by atoms with E-state index in [0.29, 0.717) is 23.4 Å². The second-order valence-electron chi connectivity index (χ2n) is 8.08. The van der Waals surface area contributed by atoms with Gasteiger partial charge in [-0.05, 0) is 54.8 Å². The van der Waals surface area contributed by atoms with Crippen LogP contribution in [0.2, 0.25) is 0 Å². The third-order valence-corrected chi connectivity index (χ3v) is 6.03. The minimum absolute atomic E-state index is 0.153. The minimum Gasteiger partial charge on any atom is -0.311 e. The molecule has 33 heavy (non-hydrogen) atoms. The summed E-state index contributed by atoms with van der Waals surface area (Å²) in [4.78, 5) is 27.8. The van der Waals surface area contributed by atoms with Crippen LogP contribution in [0.5, 0.6) is 0 Å². The summed E-state index contributed by atoms with van der Waals surface area (Å²) in [5.74, 6) is -0.500.